The van der Waals surface area contributed by atoms with Crippen molar-refractivity contribution in [2.24, 2.45) is 47.3 Å². The summed E-state index contributed by atoms with van der Waals surface area (Å²) in [6.45, 7) is 2.17. The molecule has 3 aromatic heterocycles. The number of fused-ring (bicyclic) bond motifs is 6. The van der Waals surface area contributed by atoms with E-state index in [1.165, 1.54) is 137 Å². The van der Waals surface area contributed by atoms with Crippen molar-refractivity contribution in [3.63, 3.8) is 0 Å². The zero-order valence-electron chi connectivity index (χ0n) is 69.0. The van der Waals surface area contributed by atoms with Gasteiger partial charge in [0.15, 0.2) is 34.9 Å². The predicted octanol–water partition coefficient (Wildman–Crippen LogP) is 28.6. The first-order valence-corrected chi connectivity index (χ1v) is 44.5. The highest BCUT2D eigenvalue weighted by Crippen LogP contribution is 2.72. The molecule has 0 aliphatic heterocycles. The molecule has 17 aromatic rings. The van der Waals surface area contributed by atoms with Crippen LogP contribution in [-0.4, -0.2) is 34.9 Å². The third kappa shape index (κ3) is 12.7. The molecule has 0 N–H and O–H groups in total. The van der Waals surface area contributed by atoms with Gasteiger partial charge in [-0.1, -0.05) is 285 Å². The molecule has 27 rings (SSSR count). The Balaban J connectivity index is 0.000000139. The second kappa shape index (κ2) is 29.8. The first-order chi connectivity index (χ1) is 60.7. The van der Waals surface area contributed by atoms with Crippen LogP contribution in [0.5, 0.6) is 0 Å². The Bertz CT molecular complexity index is 6760. The molecule has 0 radical (unpaired) electrons. The fraction of sp³-hybridized carbons (Fsp3) is 0.181. The van der Waals surface area contributed by atoms with Crippen LogP contribution in [0.4, 0.5) is 0 Å². The molecular formula is C116H91N7. The zero-order valence-corrected chi connectivity index (χ0v) is 69.0. The molecular weight excluding hydrogens is 1490 g/mol. The van der Waals surface area contributed by atoms with Gasteiger partial charge in [-0.05, 0) is 314 Å². The molecule has 8 saturated carbocycles. The van der Waals surface area contributed by atoms with Gasteiger partial charge in [0, 0.05) is 56.6 Å². The van der Waals surface area contributed by atoms with Crippen molar-refractivity contribution in [1.29, 1.82) is 0 Å². The van der Waals surface area contributed by atoms with Gasteiger partial charge in [-0.25, -0.2) is 29.9 Å². The Labute approximate surface area is 720 Å². The number of rotatable bonds is 13. The molecule has 0 amide bonds. The van der Waals surface area contributed by atoms with Gasteiger partial charge < -0.3 is 0 Å². The van der Waals surface area contributed by atoms with Gasteiger partial charge in [-0.2, -0.15) is 0 Å². The van der Waals surface area contributed by atoms with E-state index in [-0.39, 0.29) is 10.8 Å². The highest BCUT2D eigenvalue weighted by molar-refractivity contribution is 5.92. The van der Waals surface area contributed by atoms with Crippen LogP contribution in [0.3, 0.4) is 0 Å². The summed E-state index contributed by atoms with van der Waals surface area (Å²) in [5.41, 5.74) is 36.0. The third-order valence-corrected chi connectivity index (χ3v) is 29.5. The van der Waals surface area contributed by atoms with Gasteiger partial charge in [0.25, 0.3) is 0 Å². The lowest BCUT2D eigenvalue weighted by Gasteiger charge is -2.61. The average Bonchev–Trinajstić information content (AvgIpc) is 1.55. The van der Waals surface area contributed by atoms with Crippen molar-refractivity contribution in [3.05, 3.63) is 392 Å². The van der Waals surface area contributed by atoms with Crippen molar-refractivity contribution < 1.29 is 0 Å². The Kier molecular flexibility index (Phi) is 17.8. The van der Waals surface area contributed by atoms with E-state index in [0.717, 1.165) is 90.4 Å². The second-order valence-corrected chi connectivity index (χ2v) is 36.5. The fourth-order valence-corrected chi connectivity index (χ4v) is 24.7. The van der Waals surface area contributed by atoms with Crippen LogP contribution in [0.25, 0.3) is 168 Å². The lowest BCUT2D eigenvalue weighted by Crippen LogP contribution is -2.55. The van der Waals surface area contributed by atoms with E-state index in [1.54, 1.807) is 22.3 Å². The van der Waals surface area contributed by atoms with E-state index < -0.39 is 0 Å². The van der Waals surface area contributed by atoms with E-state index >= 15 is 0 Å². The Morgan fingerprint density at radius 3 is 0.797 bits per heavy atom. The maximum absolute atomic E-state index is 5.23. The molecule has 3 heterocycles. The molecule has 0 atom stereocenters. The maximum atomic E-state index is 5.23. The number of hydrogen-bond donors (Lipinski definition) is 0. The summed E-state index contributed by atoms with van der Waals surface area (Å²) in [6, 6.07) is 128. The summed E-state index contributed by atoms with van der Waals surface area (Å²) in [5.74, 6) is 10.2. The van der Waals surface area contributed by atoms with Crippen molar-refractivity contribution in [2.45, 2.75) is 82.0 Å². The molecule has 0 unspecified atom stereocenters. The molecule has 10 aliphatic carbocycles. The van der Waals surface area contributed by atoms with E-state index in [9.17, 15) is 0 Å². The molecule has 590 valence electrons. The highest BCUT2D eigenvalue weighted by Gasteiger charge is 2.63. The summed E-state index contributed by atoms with van der Waals surface area (Å²) in [7, 11) is 0. The monoisotopic (exact) mass is 1580 g/mol. The number of pyridine rings is 1. The molecule has 0 saturated heterocycles. The lowest BCUT2D eigenvalue weighted by molar-refractivity contribution is -0.0399. The quantitative estimate of drug-likeness (QED) is 0.114. The predicted molar refractivity (Wildman–Crippen MR) is 499 cm³/mol. The van der Waals surface area contributed by atoms with Crippen molar-refractivity contribution in [3.8, 4) is 168 Å². The van der Waals surface area contributed by atoms with Crippen molar-refractivity contribution in [2.75, 3.05) is 0 Å². The second-order valence-electron chi connectivity index (χ2n) is 36.5. The summed E-state index contributed by atoms with van der Waals surface area (Å²) >= 11 is 0. The van der Waals surface area contributed by atoms with Crippen LogP contribution in [0, 0.1) is 54.3 Å². The summed E-state index contributed by atoms with van der Waals surface area (Å²) in [4.78, 5) is 35.2. The lowest BCUT2D eigenvalue weighted by atomic mass is 9.43. The van der Waals surface area contributed by atoms with Gasteiger partial charge in [-0.3, -0.25) is 4.98 Å². The largest absolute Gasteiger partial charge is 0.265 e. The number of aryl methyl sites for hydroxylation is 1. The standard InChI is InChI=1S/C60H46N4.C56H45N3/c1-4-10-40(11-5-1)46-21-23-55-54(36-46)53-22-20-47(37-56(53)60(55)51-29-38-28-39(31-51)32-52(60)30-38)49-33-48(42-18-16-41(17-19-42)43-24-26-61-27-25-43)34-50(35-49)59-63-57(44-12-6-2-7-13-44)62-58(64-59)45-14-8-3-9-15-45;1-35-12-11-19-41(24-35)44-30-45(32-46(31-44)55-58-53(39-15-7-3-8-16-39)57-54(59-55)40-17-9-4-10-18-40)43-20-22-49-50-33-42(38-13-5-2-6-14-38)21-23-51(50)56(52(49)34-43)47-26-36-25-37(28-47)29-48(56)27-36/h1-27,33-39,51-52H,28-32H2;2-24,30-34,36-37,47-48H,25-29H2,1H3. The molecule has 7 heteroatoms. The Morgan fingerprint density at radius 2 is 0.447 bits per heavy atom. The Hall–Kier alpha value is -13.8. The first-order valence-electron chi connectivity index (χ1n) is 44.5. The SMILES string of the molecule is Cc1cccc(-c2cc(-c3ccc4c(c3)C3(c5ccc(-c6ccccc6)cc5-4)C4CC5CC(C4)CC3C5)cc(-c3nc(-c4ccccc4)nc(-c4ccccc4)n3)c2)c1.c1ccc(-c2ccc3c(c2)-c2ccc(-c4cc(-c5ccc(-c6ccncc6)cc5)cc(-c5nc(-c6ccccc6)nc(-c6ccccc6)n5)c4)cc2C32C3CC4CC(C3)CC2C4)cc1. The Morgan fingerprint density at radius 1 is 0.187 bits per heavy atom. The average molecular weight is 1580 g/mol. The molecule has 14 aromatic carbocycles. The normalized spacial score (nSPS) is 21.6. The van der Waals surface area contributed by atoms with Crippen LogP contribution < -0.4 is 0 Å². The fourth-order valence-electron chi connectivity index (χ4n) is 24.7. The van der Waals surface area contributed by atoms with Gasteiger partial charge >= 0.3 is 0 Å². The molecule has 2 spiro atoms. The number of hydrogen-bond acceptors (Lipinski definition) is 7. The molecule has 123 heavy (non-hydrogen) atoms. The van der Waals surface area contributed by atoms with Crippen LogP contribution in [0.1, 0.15) is 92.0 Å². The van der Waals surface area contributed by atoms with Crippen LogP contribution in [-0.2, 0) is 10.8 Å². The van der Waals surface area contributed by atoms with Gasteiger partial charge in [0.2, 0.25) is 0 Å². The number of nitrogens with zero attached hydrogens (tertiary/aromatic N) is 7. The van der Waals surface area contributed by atoms with Gasteiger partial charge in [0.1, 0.15) is 0 Å². The van der Waals surface area contributed by atoms with Crippen molar-refractivity contribution >= 4 is 0 Å². The van der Waals surface area contributed by atoms with E-state index in [1.807, 2.05) is 85.2 Å². The van der Waals surface area contributed by atoms with E-state index in [4.69, 9.17) is 29.9 Å². The first kappa shape index (κ1) is 73.2. The van der Waals surface area contributed by atoms with Gasteiger partial charge in [0.05, 0.1) is 0 Å². The summed E-state index contributed by atoms with van der Waals surface area (Å²) in [6.07, 6.45) is 17.4. The highest BCUT2D eigenvalue weighted by atomic mass is 15.0. The third-order valence-electron chi connectivity index (χ3n) is 29.5. The van der Waals surface area contributed by atoms with Crippen LogP contribution >= 0.6 is 0 Å². The van der Waals surface area contributed by atoms with Crippen molar-refractivity contribution in [1.82, 2.24) is 34.9 Å². The molecule has 7 nitrogen and oxygen atoms in total. The number of aromatic nitrogens is 7. The minimum absolute atomic E-state index is 0.0376. The molecule has 8 bridgehead atoms. The zero-order chi connectivity index (χ0) is 81.3. The van der Waals surface area contributed by atoms with E-state index in [0.29, 0.717) is 58.6 Å². The number of benzene rings is 14. The smallest absolute Gasteiger partial charge is 0.164 e. The van der Waals surface area contributed by atoms with Gasteiger partial charge in [-0.15, -0.1) is 0 Å². The minimum atomic E-state index is 0.0376. The summed E-state index contributed by atoms with van der Waals surface area (Å²) in [5, 5.41) is 0. The van der Waals surface area contributed by atoms with E-state index in [2.05, 4.69) is 291 Å². The van der Waals surface area contributed by atoms with Crippen LogP contribution in [0.2, 0.25) is 0 Å². The molecule has 8 fully saturated rings. The minimum Gasteiger partial charge on any atom is -0.265 e. The topological polar surface area (TPSA) is 90.2 Å². The van der Waals surface area contributed by atoms with Crippen LogP contribution in [0.15, 0.2) is 364 Å². The summed E-state index contributed by atoms with van der Waals surface area (Å²) < 4.78 is 0. The maximum Gasteiger partial charge on any atom is 0.164 e. The molecule has 10 aliphatic rings.